The number of amides is 1. The lowest BCUT2D eigenvalue weighted by atomic mass is 10.0. The van der Waals surface area contributed by atoms with E-state index in [1.165, 1.54) is 7.11 Å². The number of benzene rings is 1. The van der Waals surface area contributed by atoms with Crippen LogP contribution in [0.1, 0.15) is 27.2 Å². The second kappa shape index (κ2) is 8.36. The minimum Gasteiger partial charge on any atom is -0.487 e. The summed E-state index contributed by atoms with van der Waals surface area (Å²) in [6.07, 6.45) is 0.457. The number of ether oxygens (including phenoxy) is 3. The van der Waals surface area contributed by atoms with Crippen LogP contribution in [0.5, 0.6) is 5.75 Å². The van der Waals surface area contributed by atoms with E-state index in [2.05, 4.69) is 5.32 Å². The highest BCUT2D eigenvalue weighted by Crippen LogP contribution is 2.29. The summed E-state index contributed by atoms with van der Waals surface area (Å²) in [5.74, 6) is 0.337. The third-order valence-electron chi connectivity index (χ3n) is 3.52. The molecule has 1 aromatic carbocycles. The normalized spacial score (nSPS) is 15.0. The predicted octanol–water partition coefficient (Wildman–Crippen LogP) is 3.51. The van der Waals surface area contributed by atoms with Gasteiger partial charge in [0.05, 0.1) is 11.6 Å². The minimum absolute atomic E-state index is 0.111. The third kappa shape index (κ3) is 4.87. The summed E-state index contributed by atoms with van der Waals surface area (Å²) in [5, 5.41) is 3.23. The van der Waals surface area contributed by atoms with Crippen molar-refractivity contribution in [3.8, 4) is 5.75 Å². The van der Waals surface area contributed by atoms with Gasteiger partial charge in [-0.2, -0.15) is 0 Å². The molecule has 1 N–H and O–H groups in total. The van der Waals surface area contributed by atoms with E-state index in [1.807, 2.05) is 13.8 Å². The Bertz CT molecular complexity index is 503. The van der Waals surface area contributed by atoms with Gasteiger partial charge in [-0.05, 0) is 38.5 Å². The molecule has 0 saturated carbocycles. The molecule has 0 spiro atoms. The number of carbonyl (C=O) groups is 1. The van der Waals surface area contributed by atoms with E-state index >= 15 is 0 Å². The minimum atomic E-state index is -0.866. The van der Waals surface area contributed by atoms with Crippen LogP contribution in [-0.2, 0) is 14.3 Å². The first-order chi connectivity index (χ1) is 10.4. The molecule has 1 amide bonds. The van der Waals surface area contributed by atoms with E-state index in [-0.39, 0.29) is 12.0 Å². The fourth-order valence-corrected chi connectivity index (χ4v) is 2.05. The summed E-state index contributed by atoms with van der Waals surface area (Å²) in [7, 11) is 3.13. The molecule has 0 fully saturated rings. The Morgan fingerprint density at radius 3 is 2.59 bits per heavy atom. The monoisotopic (exact) mass is 329 g/mol. The van der Waals surface area contributed by atoms with Crippen molar-refractivity contribution in [2.75, 3.05) is 26.1 Å². The Balaban J connectivity index is 2.79. The van der Waals surface area contributed by atoms with Gasteiger partial charge < -0.3 is 19.5 Å². The molecule has 0 aliphatic carbocycles. The molecule has 2 atom stereocenters. The summed E-state index contributed by atoms with van der Waals surface area (Å²) in [6, 6.07) is 5.12. The highest BCUT2D eigenvalue weighted by atomic mass is 35.5. The maximum absolute atomic E-state index is 12.2. The van der Waals surface area contributed by atoms with Crippen LogP contribution in [0.2, 0.25) is 5.02 Å². The Morgan fingerprint density at radius 2 is 2.09 bits per heavy atom. The Labute approximate surface area is 136 Å². The van der Waals surface area contributed by atoms with Crippen LogP contribution in [0.25, 0.3) is 0 Å². The van der Waals surface area contributed by atoms with Crippen molar-refractivity contribution >= 4 is 23.2 Å². The molecule has 0 aliphatic rings. The van der Waals surface area contributed by atoms with Crippen molar-refractivity contribution in [1.82, 2.24) is 0 Å². The lowest BCUT2D eigenvalue weighted by Gasteiger charge is -2.25. The maximum atomic E-state index is 12.2. The van der Waals surface area contributed by atoms with Gasteiger partial charge in [-0.1, -0.05) is 18.5 Å². The van der Waals surface area contributed by atoms with Crippen molar-refractivity contribution in [2.45, 2.75) is 38.9 Å². The first-order valence-electron chi connectivity index (χ1n) is 7.18. The average molecular weight is 330 g/mol. The number of carbonyl (C=O) groups excluding carboxylic acids is 1. The lowest BCUT2D eigenvalue weighted by Crippen LogP contribution is -2.41. The van der Waals surface area contributed by atoms with Crippen LogP contribution in [0.4, 0.5) is 5.69 Å². The van der Waals surface area contributed by atoms with Gasteiger partial charge in [0, 0.05) is 19.9 Å². The molecule has 0 heterocycles. The molecule has 5 nitrogen and oxygen atoms in total. The fraction of sp³-hybridized carbons (Fsp3) is 0.562. The summed E-state index contributed by atoms with van der Waals surface area (Å²) >= 11 is 6.19. The summed E-state index contributed by atoms with van der Waals surface area (Å²) in [5.41, 5.74) is -0.271. The van der Waals surface area contributed by atoms with Gasteiger partial charge in [-0.25, -0.2) is 0 Å². The second-order valence-corrected chi connectivity index (χ2v) is 5.68. The maximum Gasteiger partial charge on any atom is 0.256 e. The van der Waals surface area contributed by atoms with Crippen LogP contribution in [0.15, 0.2) is 18.2 Å². The highest BCUT2D eigenvalue weighted by Gasteiger charge is 2.31. The van der Waals surface area contributed by atoms with Crippen molar-refractivity contribution < 1.29 is 19.0 Å². The molecule has 0 radical (unpaired) electrons. The van der Waals surface area contributed by atoms with Gasteiger partial charge in [0.25, 0.3) is 5.91 Å². The number of hydrogen-bond acceptors (Lipinski definition) is 4. The topological polar surface area (TPSA) is 56.8 Å². The Hall–Kier alpha value is -1.30. The van der Waals surface area contributed by atoms with Crippen LogP contribution < -0.4 is 10.1 Å². The van der Waals surface area contributed by atoms with Gasteiger partial charge in [-0.15, -0.1) is 0 Å². The zero-order chi connectivity index (χ0) is 16.8. The van der Waals surface area contributed by atoms with E-state index in [0.717, 1.165) is 0 Å². The average Bonchev–Trinajstić information content (AvgIpc) is 2.49. The van der Waals surface area contributed by atoms with Gasteiger partial charge in [0.15, 0.2) is 0 Å². The number of methoxy groups -OCH3 is 2. The third-order valence-corrected chi connectivity index (χ3v) is 3.82. The van der Waals surface area contributed by atoms with E-state index < -0.39 is 5.60 Å². The molecule has 0 saturated heterocycles. The van der Waals surface area contributed by atoms with E-state index in [1.54, 1.807) is 32.2 Å². The van der Waals surface area contributed by atoms with Gasteiger partial charge in [-0.3, -0.25) is 4.79 Å². The molecule has 22 heavy (non-hydrogen) atoms. The first-order valence-corrected chi connectivity index (χ1v) is 7.55. The standard InChI is InChI=1S/C16H24ClNO4/c1-6-16(3,21-5)15(19)18-12-7-8-14(13(17)9-12)22-11(2)10-20-4/h7-9,11H,6,10H2,1-5H3,(H,18,19)/t11-,16+/m0/s1. The largest absolute Gasteiger partial charge is 0.487 e. The number of rotatable bonds is 8. The summed E-state index contributed by atoms with van der Waals surface area (Å²) in [4.78, 5) is 12.2. The van der Waals surface area contributed by atoms with Crippen LogP contribution in [0, 0.1) is 0 Å². The molecule has 0 aliphatic heterocycles. The zero-order valence-electron chi connectivity index (χ0n) is 13.7. The van der Waals surface area contributed by atoms with Gasteiger partial charge in [0.1, 0.15) is 17.5 Å². The smallest absolute Gasteiger partial charge is 0.256 e. The van der Waals surface area contributed by atoms with Gasteiger partial charge >= 0.3 is 0 Å². The number of halogens is 1. The molecule has 0 bridgehead atoms. The number of anilines is 1. The molecule has 1 rings (SSSR count). The van der Waals surface area contributed by atoms with Crippen molar-refractivity contribution in [2.24, 2.45) is 0 Å². The fourth-order valence-electron chi connectivity index (χ4n) is 1.82. The molecule has 6 heteroatoms. The van der Waals surface area contributed by atoms with Crippen LogP contribution >= 0.6 is 11.6 Å². The molecule has 0 aromatic heterocycles. The lowest BCUT2D eigenvalue weighted by molar-refractivity contribution is -0.136. The SMILES string of the molecule is CC[C@@](C)(OC)C(=O)Nc1ccc(O[C@@H](C)COC)c(Cl)c1. The molecule has 1 aromatic rings. The van der Waals surface area contributed by atoms with E-state index in [9.17, 15) is 4.79 Å². The van der Waals surface area contributed by atoms with Crippen molar-refractivity contribution in [3.05, 3.63) is 23.2 Å². The van der Waals surface area contributed by atoms with E-state index in [4.69, 9.17) is 25.8 Å². The summed E-state index contributed by atoms with van der Waals surface area (Å²) < 4.78 is 15.9. The molecule has 124 valence electrons. The quantitative estimate of drug-likeness (QED) is 0.793. The highest BCUT2D eigenvalue weighted by molar-refractivity contribution is 6.32. The van der Waals surface area contributed by atoms with Crippen LogP contribution in [-0.4, -0.2) is 38.4 Å². The molecule has 0 unspecified atom stereocenters. The first kappa shape index (κ1) is 18.7. The summed E-state index contributed by atoms with van der Waals surface area (Å²) in [6.45, 7) is 6.00. The van der Waals surface area contributed by atoms with Gasteiger partial charge in [0.2, 0.25) is 0 Å². The predicted molar refractivity (Wildman–Crippen MR) is 87.8 cm³/mol. The van der Waals surface area contributed by atoms with Crippen molar-refractivity contribution in [3.63, 3.8) is 0 Å². The van der Waals surface area contributed by atoms with E-state index in [0.29, 0.717) is 29.5 Å². The van der Waals surface area contributed by atoms with Crippen molar-refractivity contribution in [1.29, 1.82) is 0 Å². The second-order valence-electron chi connectivity index (χ2n) is 5.27. The Morgan fingerprint density at radius 1 is 1.41 bits per heavy atom. The zero-order valence-corrected chi connectivity index (χ0v) is 14.5. The molecular weight excluding hydrogens is 306 g/mol. The molecular formula is C16H24ClNO4. The van der Waals surface area contributed by atoms with Crippen LogP contribution in [0.3, 0.4) is 0 Å². The Kier molecular flexibility index (Phi) is 7.13. The number of nitrogens with one attached hydrogen (secondary N) is 1. The number of hydrogen-bond donors (Lipinski definition) is 1.